The average Bonchev–Trinajstić information content (AvgIpc) is 2.16. The van der Waals surface area contributed by atoms with Gasteiger partial charge in [-0.05, 0) is 30.9 Å². The molecule has 1 aromatic carbocycles. The summed E-state index contributed by atoms with van der Waals surface area (Å²) in [5.74, 6) is 0. The normalized spacial score (nSPS) is 12.6. The zero-order valence-corrected chi connectivity index (χ0v) is 11.1. The molecule has 1 rings (SSSR count). The second-order valence-electron chi connectivity index (χ2n) is 6.01. The van der Waals surface area contributed by atoms with Crippen LogP contribution in [-0.2, 0) is 5.41 Å². The quantitative estimate of drug-likeness (QED) is 0.821. The molecule has 0 aliphatic carbocycles. The Balaban J connectivity index is 3.06. The highest BCUT2D eigenvalue weighted by molar-refractivity contribution is 5.55. The molecule has 0 unspecified atom stereocenters. The van der Waals surface area contributed by atoms with Gasteiger partial charge in [0.15, 0.2) is 0 Å². The summed E-state index contributed by atoms with van der Waals surface area (Å²) >= 11 is 0. The van der Waals surface area contributed by atoms with E-state index in [1.807, 2.05) is 0 Å². The van der Waals surface area contributed by atoms with Crippen molar-refractivity contribution in [1.29, 1.82) is 0 Å². The molecule has 0 heterocycles. The number of benzene rings is 1. The van der Waals surface area contributed by atoms with Gasteiger partial charge < -0.3 is 11.1 Å². The molecule has 16 heavy (non-hydrogen) atoms. The Morgan fingerprint density at radius 2 is 1.62 bits per heavy atom. The molecule has 0 aliphatic rings. The molecule has 90 valence electrons. The van der Waals surface area contributed by atoms with Crippen LogP contribution in [0.1, 0.15) is 40.2 Å². The highest BCUT2D eigenvalue weighted by atomic mass is 15.0. The maximum Gasteiger partial charge on any atom is 0.0439 e. The first-order chi connectivity index (χ1) is 7.26. The number of hydrogen-bond acceptors (Lipinski definition) is 2. The lowest BCUT2D eigenvalue weighted by Gasteiger charge is -2.30. The molecule has 0 spiro atoms. The Hall–Kier alpha value is -1.02. The van der Waals surface area contributed by atoms with Gasteiger partial charge in [0.2, 0.25) is 0 Å². The third kappa shape index (κ3) is 3.24. The lowest BCUT2D eigenvalue weighted by molar-refractivity contribution is 0.563. The smallest absolute Gasteiger partial charge is 0.0439 e. The standard InChI is InChI=1S/C14H24N2/c1-13(2,3)11-8-6-7-9-12(11)16-14(4,5)10-15/h6-9,16H,10,15H2,1-5H3. The molecule has 0 bridgehead atoms. The van der Waals surface area contributed by atoms with Crippen LogP contribution in [0.15, 0.2) is 24.3 Å². The first kappa shape index (κ1) is 13.0. The first-order valence-corrected chi connectivity index (χ1v) is 5.84. The second-order valence-corrected chi connectivity index (χ2v) is 6.01. The molecular weight excluding hydrogens is 196 g/mol. The van der Waals surface area contributed by atoms with Crippen molar-refractivity contribution in [2.24, 2.45) is 5.73 Å². The summed E-state index contributed by atoms with van der Waals surface area (Å²) in [6, 6.07) is 8.44. The van der Waals surface area contributed by atoms with E-state index in [0.717, 1.165) is 0 Å². The summed E-state index contributed by atoms with van der Waals surface area (Å²) in [5.41, 5.74) is 8.35. The van der Waals surface area contributed by atoms with Gasteiger partial charge in [0.05, 0.1) is 0 Å². The number of hydrogen-bond donors (Lipinski definition) is 2. The van der Waals surface area contributed by atoms with Crippen LogP contribution in [0, 0.1) is 0 Å². The number of para-hydroxylation sites is 1. The van der Waals surface area contributed by atoms with E-state index in [9.17, 15) is 0 Å². The molecule has 0 amide bonds. The molecule has 1 aromatic rings. The summed E-state index contributed by atoms with van der Waals surface area (Å²) in [5, 5.41) is 3.52. The zero-order valence-electron chi connectivity index (χ0n) is 11.1. The van der Waals surface area contributed by atoms with Gasteiger partial charge in [-0.1, -0.05) is 39.0 Å². The highest BCUT2D eigenvalue weighted by Crippen LogP contribution is 2.30. The van der Waals surface area contributed by atoms with Crippen molar-refractivity contribution >= 4 is 5.69 Å². The van der Waals surface area contributed by atoms with Crippen molar-refractivity contribution in [1.82, 2.24) is 0 Å². The molecule has 0 aliphatic heterocycles. The number of anilines is 1. The van der Waals surface area contributed by atoms with E-state index >= 15 is 0 Å². The van der Waals surface area contributed by atoms with Crippen molar-refractivity contribution in [3.05, 3.63) is 29.8 Å². The molecule has 0 saturated carbocycles. The molecular formula is C14H24N2. The Morgan fingerprint density at radius 3 is 2.12 bits per heavy atom. The van der Waals surface area contributed by atoms with Gasteiger partial charge in [-0.3, -0.25) is 0 Å². The van der Waals surface area contributed by atoms with Crippen LogP contribution < -0.4 is 11.1 Å². The van der Waals surface area contributed by atoms with Crippen molar-refractivity contribution < 1.29 is 0 Å². The molecule has 0 radical (unpaired) electrons. The Morgan fingerprint density at radius 1 is 1.06 bits per heavy atom. The molecule has 3 N–H and O–H groups in total. The number of nitrogens with two attached hydrogens (primary N) is 1. The van der Waals surface area contributed by atoms with Crippen molar-refractivity contribution in [2.75, 3.05) is 11.9 Å². The second kappa shape index (κ2) is 4.46. The minimum absolute atomic E-state index is 0.0681. The minimum Gasteiger partial charge on any atom is -0.379 e. The van der Waals surface area contributed by atoms with E-state index in [2.05, 4.69) is 64.2 Å². The van der Waals surface area contributed by atoms with E-state index in [-0.39, 0.29) is 11.0 Å². The predicted octanol–water partition coefficient (Wildman–Crippen LogP) is 3.13. The van der Waals surface area contributed by atoms with Crippen LogP contribution in [-0.4, -0.2) is 12.1 Å². The molecule has 0 fully saturated rings. The fourth-order valence-corrected chi connectivity index (χ4v) is 1.66. The van der Waals surface area contributed by atoms with E-state index in [4.69, 9.17) is 5.73 Å². The summed E-state index contributed by atoms with van der Waals surface area (Å²) in [7, 11) is 0. The van der Waals surface area contributed by atoms with Gasteiger partial charge in [-0.25, -0.2) is 0 Å². The highest BCUT2D eigenvalue weighted by Gasteiger charge is 2.21. The van der Waals surface area contributed by atoms with Gasteiger partial charge in [-0.2, -0.15) is 0 Å². The largest absolute Gasteiger partial charge is 0.379 e. The van der Waals surface area contributed by atoms with Gasteiger partial charge in [0.1, 0.15) is 0 Å². The fraction of sp³-hybridized carbons (Fsp3) is 0.571. The average molecular weight is 220 g/mol. The van der Waals surface area contributed by atoms with Crippen LogP contribution >= 0.6 is 0 Å². The van der Waals surface area contributed by atoms with Crippen molar-refractivity contribution in [3.8, 4) is 0 Å². The monoisotopic (exact) mass is 220 g/mol. The molecule has 2 nitrogen and oxygen atoms in total. The van der Waals surface area contributed by atoms with Gasteiger partial charge in [0, 0.05) is 17.8 Å². The van der Waals surface area contributed by atoms with Gasteiger partial charge >= 0.3 is 0 Å². The summed E-state index contributed by atoms with van der Waals surface area (Å²) in [6.45, 7) is 11.5. The summed E-state index contributed by atoms with van der Waals surface area (Å²) < 4.78 is 0. The van der Waals surface area contributed by atoms with Crippen LogP contribution in [0.3, 0.4) is 0 Å². The maximum atomic E-state index is 5.75. The molecule has 0 aromatic heterocycles. The zero-order chi connectivity index (χ0) is 12.4. The van der Waals surface area contributed by atoms with Crippen LogP contribution in [0.5, 0.6) is 0 Å². The third-order valence-corrected chi connectivity index (χ3v) is 2.72. The minimum atomic E-state index is -0.0681. The maximum absolute atomic E-state index is 5.75. The molecule has 2 heteroatoms. The Bertz CT molecular complexity index is 348. The number of rotatable bonds is 3. The molecule has 0 saturated heterocycles. The Kier molecular flexibility index (Phi) is 3.64. The van der Waals surface area contributed by atoms with Gasteiger partial charge in [0.25, 0.3) is 0 Å². The predicted molar refractivity (Wildman–Crippen MR) is 71.9 cm³/mol. The Labute approximate surface area is 99.2 Å². The van der Waals surface area contributed by atoms with Gasteiger partial charge in [-0.15, -0.1) is 0 Å². The van der Waals surface area contributed by atoms with E-state index in [0.29, 0.717) is 6.54 Å². The van der Waals surface area contributed by atoms with Crippen LogP contribution in [0.4, 0.5) is 5.69 Å². The van der Waals surface area contributed by atoms with E-state index in [1.54, 1.807) is 0 Å². The van der Waals surface area contributed by atoms with E-state index < -0.39 is 0 Å². The third-order valence-electron chi connectivity index (χ3n) is 2.72. The SMILES string of the molecule is CC(C)(CN)Nc1ccccc1C(C)(C)C. The van der Waals surface area contributed by atoms with Crippen molar-refractivity contribution in [2.45, 2.75) is 45.6 Å². The first-order valence-electron chi connectivity index (χ1n) is 5.84. The van der Waals surface area contributed by atoms with Crippen LogP contribution in [0.2, 0.25) is 0 Å². The van der Waals surface area contributed by atoms with Crippen molar-refractivity contribution in [3.63, 3.8) is 0 Å². The van der Waals surface area contributed by atoms with Crippen LogP contribution in [0.25, 0.3) is 0 Å². The van der Waals surface area contributed by atoms with E-state index in [1.165, 1.54) is 11.3 Å². The lowest BCUT2D eigenvalue weighted by Crippen LogP contribution is -2.39. The molecule has 0 atom stereocenters. The summed E-state index contributed by atoms with van der Waals surface area (Å²) in [4.78, 5) is 0. The lowest BCUT2D eigenvalue weighted by atomic mass is 9.85. The topological polar surface area (TPSA) is 38.0 Å². The number of nitrogens with one attached hydrogen (secondary N) is 1. The summed E-state index contributed by atoms with van der Waals surface area (Å²) in [6.07, 6.45) is 0. The fourth-order valence-electron chi connectivity index (χ4n) is 1.66.